The van der Waals surface area contributed by atoms with E-state index in [9.17, 15) is 13.2 Å². The standard InChI is InChI=1S/C20H30N2O3S/c1-26(24,25)22(16-8-13-18-9-4-2-5-10-18)17-20(23)21-15-14-19-11-6-3-7-12-19/h2,4-5,9-11H,3,6-8,12-17H2,1H3,(H,21,23). The van der Waals surface area contributed by atoms with Gasteiger partial charge >= 0.3 is 0 Å². The van der Waals surface area contributed by atoms with Crippen molar-refractivity contribution in [3.8, 4) is 0 Å². The Morgan fingerprint density at radius 2 is 1.92 bits per heavy atom. The van der Waals surface area contributed by atoms with Crippen molar-refractivity contribution in [3.05, 3.63) is 47.5 Å². The molecule has 1 aromatic rings. The summed E-state index contributed by atoms with van der Waals surface area (Å²) in [6.07, 6.45) is 10.5. The van der Waals surface area contributed by atoms with E-state index in [1.165, 1.54) is 28.3 Å². The van der Waals surface area contributed by atoms with E-state index in [0.29, 0.717) is 19.5 Å². The Hall–Kier alpha value is -1.66. The minimum Gasteiger partial charge on any atom is -0.355 e. The zero-order valence-electron chi connectivity index (χ0n) is 15.6. The number of aryl methyl sites for hydroxylation is 1. The van der Waals surface area contributed by atoms with E-state index < -0.39 is 10.0 Å². The normalized spacial score (nSPS) is 14.9. The number of benzene rings is 1. The Bertz CT molecular complexity index is 699. The van der Waals surface area contributed by atoms with Crippen molar-refractivity contribution in [2.75, 3.05) is 25.9 Å². The average Bonchev–Trinajstić information content (AvgIpc) is 2.62. The van der Waals surface area contributed by atoms with Gasteiger partial charge in [0.15, 0.2) is 0 Å². The fourth-order valence-electron chi connectivity index (χ4n) is 3.18. The summed E-state index contributed by atoms with van der Waals surface area (Å²) in [7, 11) is -3.40. The van der Waals surface area contributed by atoms with Gasteiger partial charge in [-0.15, -0.1) is 0 Å². The molecule has 1 aliphatic carbocycles. The summed E-state index contributed by atoms with van der Waals surface area (Å²) in [4.78, 5) is 12.1. The summed E-state index contributed by atoms with van der Waals surface area (Å²) < 4.78 is 25.2. The third-order valence-corrected chi connectivity index (χ3v) is 5.91. The molecule has 1 aromatic carbocycles. The van der Waals surface area contributed by atoms with Gasteiger partial charge in [-0.05, 0) is 50.5 Å². The molecule has 0 heterocycles. The van der Waals surface area contributed by atoms with Gasteiger partial charge in [-0.25, -0.2) is 8.42 Å². The molecule has 0 aromatic heterocycles. The quantitative estimate of drug-likeness (QED) is 0.637. The highest BCUT2D eigenvalue weighted by atomic mass is 32.2. The lowest BCUT2D eigenvalue weighted by molar-refractivity contribution is -0.121. The molecular formula is C20H30N2O3S. The zero-order valence-corrected chi connectivity index (χ0v) is 16.4. The van der Waals surface area contributed by atoms with E-state index in [-0.39, 0.29) is 12.5 Å². The Morgan fingerprint density at radius 1 is 1.15 bits per heavy atom. The van der Waals surface area contributed by atoms with Gasteiger partial charge in [-0.3, -0.25) is 4.79 Å². The van der Waals surface area contributed by atoms with Crippen LogP contribution in [0.15, 0.2) is 42.0 Å². The van der Waals surface area contributed by atoms with Crippen molar-refractivity contribution >= 4 is 15.9 Å². The largest absolute Gasteiger partial charge is 0.355 e. The van der Waals surface area contributed by atoms with Crippen LogP contribution in [-0.4, -0.2) is 44.5 Å². The Balaban J connectivity index is 1.75. The van der Waals surface area contributed by atoms with Crippen molar-refractivity contribution in [1.82, 2.24) is 9.62 Å². The van der Waals surface area contributed by atoms with Gasteiger partial charge in [-0.1, -0.05) is 42.0 Å². The molecule has 0 fully saturated rings. The van der Waals surface area contributed by atoms with Gasteiger partial charge in [0.2, 0.25) is 15.9 Å². The first kappa shape index (κ1) is 20.6. The molecule has 0 unspecified atom stereocenters. The number of nitrogens with zero attached hydrogens (tertiary/aromatic N) is 1. The maximum absolute atomic E-state index is 12.1. The van der Waals surface area contributed by atoms with Gasteiger partial charge in [0.05, 0.1) is 12.8 Å². The second-order valence-electron chi connectivity index (χ2n) is 6.89. The monoisotopic (exact) mass is 378 g/mol. The molecule has 0 spiro atoms. The highest BCUT2D eigenvalue weighted by Crippen LogP contribution is 2.19. The van der Waals surface area contributed by atoms with Gasteiger partial charge in [0.25, 0.3) is 0 Å². The smallest absolute Gasteiger partial charge is 0.235 e. The van der Waals surface area contributed by atoms with Gasteiger partial charge in [0, 0.05) is 13.1 Å². The van der Waals surface area contributed by atoms with Crippen LogP contribution in [0, 0.1) is 0 Å². The number of nitrogens with one attached hydrogen (secondary N) is 1. The number of rotatable bonds is 10. The summed E-state index contributed by atoms with van der Waals surface area (Å²) in [5, 5.41) is 2.85. The fourth-order valence-corrected chi connectivity index (χ4v) is 3.99. The van der Waals surface area contributed by atoms with E-state index >= 15 is 0 Å². The van der Waals surface area contributed by atoms with Crippen LogP contribution in [0.1, 0.15) is 44.1 Å². The van der Waals surface area contributed by atoms with Crippen LogP contribution in [0.5, 0.6) is 0 Å². The van der Waals surface area contributed by atoms with Gasteiger partial charge < -0.3 is 5.32 Å². The number of amides is 1. The highest BCUT2D eigenvalue weighted by molar-refractivity contribution is 7.88. The molecule has 2 rings (SSSR count). The molecule has 0 saturated heterocycles. The zero-order chi connectivity index (χ0) is 18.8. The molecule has 6 heteroatoms. The van der Waals surface area contributed by atoms with Crippen LogP contribution >= 0.6 is 0 Å². The SMILES string of the molecule is CS(=O)(=O)N(CCCc1ccccc1)CC(=O)NCCC1=CCCCC1. The van der Waals surface area contributed by atoms with Crippen molar-refractivity contribution in [1.29, 1.82) is 0 Å². The predicted octanol–water partition coefficient (Wildman–Crippen LogP) is 2.89. The molecule has 1 N–H and O–H groups in total. The molecule has 0 saturated carbocycles. The number of hydrogen-bond acceptors (Lipinski definition) is 3. The lowest BCUT2D eigenvalue weighted by Crippen LogP contribution is -2.41. The maximum atomic E-state index is 12.1. The molecule has 0 aliphatic heterocycles. The Labute approximate surface area is 157 Å². The lowest BCUT2D eigenvalue weighted by Gasteiger charge is -2.20. The topological polar surface area (TPSA) is 66.5 Å². The van der Waals surface area contributed by atoms with Crippen molar-refractivity contribution in [3.63, 3.8) is 0 Å². The fraction of sp³-hybridized carbons (Fsp3) is 0.550. The predicted molar refractivity (Wildman–Crippen MR) is 105 cm³/mol. The Kier molecular flexibility index (Phi) is 8.32. The number of sulfonamides is 1. The molecule has 26 heavy (non-hydrogen) atoms. The number of allylic oxidation sites excluding steroid dienone is 1. The average molecular weight is 379 g/mol. The molecule has 5 nitrogen and oxygen atoms in total. The molecule has 0 radical (unpaired) electrons. The van der Waals surface area contributed by atoms with E-state index in [1.807, 2.05) is 30.3 Å². The van der Waals surface area contributed by atoms with Crippen LogP contribution in [0.3, 0.4) is 0 Å². The van der Waals surface area contributed by atoms with Crippen LogP contribution < -0.4 is 5.32 Å². The molecule has 0 atom stereocenters. The van der Waals surface area contributed by atoms with Gasteiger partial charge in [0.1, 0.15) is 0 Å². The summed E-state index contributed by atoms with van der Waals surface area (Å²) in [6, 6.07) is 9.95. The molecule has 1 amide bonds. The minimum atomic E-state index is -3.40. The van der Waals surface area contributed by atoms with Crippen LogP contribution in [0.4, 0.5) is 0 Å². The second-order valence-corrected chi connectivity index (χ2v) is 8.88. The number of hydrogen-bond donors (Lipinski definition) is 1. The first-order valence-electron chi connectivity index (χ1n) is 9.39. The minimum absolute atomic E-state index is 0.104. The van der Waals surface area contributed by atoms with Crippen LogP contribution in [0.2, 0.25) is 0 Å². The molecule has 1 aliphatic rings. The Morgan fingerprint density at radius 3 is 2.58 bits per heavy atom. The third-order valence-electron chi connectivity index (χ3n) is 4.66. The first-order valence-corrected chi connectivity index (χ1v) is 11.2. The summed E-state index contributed by atoms with van der Waals surface area (Å²) in [5.41, 5.74) is 2.57. The second kappa shape index (κ2) is 10.5. The number of carbonyl (C=O) groups excluding carboxylic acids is 1. The van der Waals surface area contributed by atoms with Crippen molar-refractivity contribution in [2.24, 2.45) is 0 Å². The molecule has 144 valence electrons. The van der Waals surface area contributed by atoms with E-state index in [4.69, 9.17) is 0 Å². The summed E-state index contributed by atoms with van der Waals surface area (Å²) in [6.45, 7) is 0.825. The highest BCUT2D eigenvalue weighted by Gasteiger charge is 2.19. The van der Waals surface area contributed by atoms with Crippen LogP contribution in [-0.2, 0) is 21.2 Å². The summed E-state index contributed by atoms with van der Waals surface area (Å²) >= 11 is 0. The lowest BCUT2D eigenvalue weighted by atomic mass is 9.97. The maximum Gasteiger partial charge on any atom is 0.235 e. The third kappa shape index (κ3) is 7.70. The first-order chi connectivity index (χ1) is 12.4. The van der Waals surface area contributed by atoms with Crippen molar-refractivity contribution in [2.45, 2.75) is 44.9 Å². The number of carbonyl (C=O) groups is 1. The molecule has 0 bridgehead atoms. The molecular weight excluding hydrogens is 348 g/mol. The van der Waals surface area contributed by atoms with E-state index in [1.54, 1.807) is 0 Å². The summed E-state index contributed by atoms with van der Waals surface area (Å²) in [5.74, 6) is -0.230. The van der Waals surface area contributed by atoms with Crippen molar-refractivity contribution < 1.29 is 13.2 Å². The van der Waals surface area contributed by atoms with Gasteiger partial charge in [-0.2, -0.15) is 4.31 Å². The van der Waals surface area contributed by atoms with E-state index in [0.717, 1.165) is 31.9 Å². The van der Waals surface area contributed by atoms with Crippen LogP contribution in [0.25, 0.3) is 0 Å². The van der Waals surface area contributed by atoms with E-state index in [2.05, 4.69) is 11.4 Å².